The van der Waals surface area contributed by atoms with Crippen molar-refractivity contribution in [1.29, 1.82) is 5.26 Å². The van der Waals surface area contributed by atoms with Crippen LogP contribution in [0.2, 0.25) is 0 Å². The van der Waals surface area contributed by atoms with Crippen molar-refractivity contribution >= 4 is 11.9 Å². The molecule has 0 bridgehead atoms. The van der Waals surface area contributed by atoms with Crippen LogP contribution < -0.4 is 0 Å². The highest BCUT2D eigenvalue weighted by Crippen LogP contribution is 2.17. The van der Waals surface area contributed by atoms with Crippen molar-refractivity contribution in [1.82, 2.24) is 4.98 Å². The average Bonchev–Trinajstić information content (AvgIpc) is 2.39. The molecule has 88 valence electrons. The van der Waals surface area contributed by atoms with Crippen molar-refractivity contribution in [3.05, 3.63) is 29.6 Å². The van der Waals surface area contributed by atoms with Crippen LogP contribution in [0, 0.1) is 11.3 Å². The molecule has 0 amide bonds. The molecule has 6 nitrogen and oxygen atoms in total. The van der Waals surface area contributed by atoms with E-state index >= 15 is 0 Å². The minimum absolute atomic E-state index is 0.183. The summed E-state index contributed by atoms with van der Waals surface area (Å²) >= 11 is 0. The maximum atomic E-state index is 11.4. The van der Waals surface area contributed by atoms with E-state index < -0.39 is 17.9 Å². The van der Waals surface area contributed by atoms with Crippen LogP contribution in [0.5, 0.6) is 0 Å². The fourth-order valence-electron chi connectivity index (χ4n) is 1.22. The zero-order valence-corrected chi connectivity index (χ0v) is 9.34. The number of aromatic nitrogens is 1. The van der Waals surface area contributed by atoms with Gasteiger partial charge in [0.1, 0.15) is 6.07 Å². The summed E-state index contributed by atoms with van der Waals surface area (Å²) in [7, 11) is 2.34. The summed E-state index contributed by atoms with van der Waals surface area (Å²) in [6.07, 6.45) is 1.27. The molecule has 1 aromatic rings. The van der Waals surface area contributed by atoms with Crippen LogP contribution in [0.15, 0.2) is 18.3 Å². The van der Waals surface area contributed by atoms with E-state index in [9.17, 15) is 9.59 Å². The zero-order chi connectivity index (χ0) is 12.8. The van der Waals surface area contributed by atoms with Gasteiger partial charge in [-0.25, -0.2) is 0 Å². The molecule has 0 atom stereocenters. The first-order valence-corrected chi connectivity index (χ1v) is 4.65. The van der Waals surface area contributed by atoms with Crippen molar-refractivity contribution in [2.75, 3.05) is 14.2 Å². The molecule has 0 N–H and O–H groups in total. The molecule has 0 fully saturated rings. The Morgan fingerprint density at radius 1 is 1.29 bits per heavy atom. The maximum absolute atomic E-state index is 11.4. The van der Waals surface area contributed by atoms with E-state index in [2.05, 4.69) is 14.5 Å². The Kier molecular flexibility index (Phi) is 4.17. The minimum Gasteiger partial charge on any atom is -0.468 e. The van der Waals surface area contributed by atoms with Crippen LogP contribution >= 0.6 is 0 Å². The van der Waals surface area contributed by atoms with Gasteiger partial charge in [-0.15, -0.1) is 0 Å². The molecule has 0 saturated heterocycles. The number of carbonyl (C=O) groups excluding carboxylic acids is 2. The second-order valence-corrected chi connectivity index (χ2v) is 3.06. The predicted octanol–water partition coefficient (Wildman–Crippen LogP) is 0.383. The highest BCUT2D eigenvalue weighted by atomic mass is 16.5. The van der Waals surface area contributed by atoms with Gasteiger partial charge < -0.3 is 9.47 Å². The summed E-state index contributed by atoms with van der Waals surface area (Å²) in [5, 5.41) is 8.60. The van der Waals surface area contributed by atoms with Gasteiger partial charge in [-0.2, -0.15) is 5.26 Å². The third-order valence-corrected chi connectivity index (χ3v) is 2.08. The van der Waals surface area contributed by atoms with E-state index in [0.29, 0.717) is 5.56 Å². The van der Waals surface area contributed by atoms with Gasteiger partial charge in [-0.1, -0.05) is 0 Å². The topological polar surface area (TPSA) is 89.3 Å². The van der Waals surface area contributed by atoms with Crippen LogP contribution in [-0.4, -0.2) is 31.1 Å². The third kappa shape index (κ3) is 2.78. The highest BCUT2D eigenvalue weighted by Gasteiger charge is 2.31. The predicted molar refractivity (Wildman–Crippen MR) is 55.7 cm³/mol. The van der Waals surface area contributed by atoms with Gasteiger partial charge in [-0.05, 0) is 12.1 Å². The summed E-state index contributed by atoms with van der Waals surface area (Å²) in [4.78, 5) is 26.7. The monoisotopic (exact) mass is 234 g/mol. The largest absolute Gasteiger partial charge is 0.468 e. The van der Waals surface area contributed by atoms with Gasteiger partial charge in [0.05, 0.1) is 25.5 Å². The first-order valence-electron chi connectivity index (χ1n) is 4.65. The number of esters is 2. The molecule has 1 heterocycles. The summed E-state index contributed by atoms with van der Waals surface area (Å²) in [5.74, 6) is -2.74. The molecule has 0 saturated carbocycles. The van der Waals surface area contributed by atoms with E-state index in [1.54, 1.807) is 0 Å². The molecule has 0 aliphatic rings. The Morgan fingerprint density at radius 3 is 2.24 bits per heavy atom. The van der Waals surface area contributed by atoms with Crippen LogP contribution in [0.25, 0.3) is 0 Å². The lowest BCUT2D eigenvalue weighted by Gasteiger charge is -2.11. The number of rotatable bonds is 3. The highest BCUT2D eigenvalue weighted by molar-refractivity contribution is 6.00. The quantitative estimate of drug-likeness (QED) is 0.555. The lowest BCUT2D eigenvalue weighted by Crippen LogP contribution is -2.25. The zero-order valence-electron chi connectivity index (χ0n) is 9.34. The van der Waals surface area contributed by atoms with Gasteiger partial charge >= 0.3 is 11.9 Å². The number of hydrogen-bond acceptors (Lipinski definition) is 6. The summed E-state index contributed by atoms with van der Waals surface area (Å²) in [6.45, 7) is 0. The fraction of sp³-hybridized carbons (Fsp3) is 0.273. The van der Waals surface area contributed by atoms with Crippen molar-refractivity contribution in [3.63, 3.8) is 0 Å². The average molecular weight is 234 g/mol. The first kappa shape index (κ1) is 12.6. The molecule has 1 aromatic heterocycles. The van der Waals surface area contributed by atoms with E-state index in [1.807, 2.05) is 6.07 Å². The van der Waals surface area contributed by atoms with E-state index in [1.165, 1.54) is 32.5 Å². The Balaban J connectivity index is 3.09. The molecule has 0 spiro atoms. The molecule has 0 aromatic carbocycles. The molecule has 0 aliphatic heterocycles. The molecule has 0 radical (unpaired) electrons. The SMILES string of the molecule is COC(=O)C(C(=O)OC)c1ccc(C#N)cn1. The molecular formula is C11H10N2O4. The number of pyridine rings is 1. The smallest absolute Gasteiger partial charge is 0.326 e. The number of carbonyl (C=O) groups is 2. The first-order chi connectivity index (χ1) is 8.13. The Morgan fingerprint density at radius 2 is 1.88 bits per heavy atom. The molecule has 6 heteroatoms. The van der Waals surface area contributed by atoms with Crippen LogP contribution in [0.4, 0.5) is 0 Å². The normalized spacial score (nSPS) is 9.53. The van der Waals surface area contributed by atoms with Crippen LogP contribution in [0.1, 0.15) is 17.2 Å². The minimum atomic E-state index is -1.22. The maximum Gasteiger partial charge on any atom is 0.326 e. The standard InChI is InChI=1S/C11H10N2O4/c1-16-10(14)9(11(15)17-2)8-4-3-7(5-12)6-13-8/h3-4,6,9H,1-2H3. The third-order valence-electron chi connectivity index (χ3n) is 2.08. The van der Waals surface area contributed by atoms with Gasteiger partial charge in [0.2, 0.25) is 0 Å². The molecule has 0 unspecified atom stereocenters. The Bertz CT molecular complexity index is 445. The second kappa shape index (κ2) is 5.61. The van der Waals surface area contributed by atoms with Crippen molar-refractivity contribution < 1.29 is 19.1 Å². The molecule has 17 heavy (non-hydrogen) atoms. The van der Waals surface area contributed by atoms with Gasteiger partial charge in [0, 0.05) is 6.20 Å². The number of hydrogen-bond donors (Lipinski definition) is 0. The lowest BCUT2D eigenvalue weighted by atomic mass is 10.0. The van der Waals surface area contributed by atoms with E-state index in [4.69, 9.17) is 5.26 Å². The summed E-state index contributed by atoms with van der Waals surface area (Å²) in [6, 6.07) is 4.76. The van der Waals surface area contributed by atoms with Crippen molar-refractivity contribution in [2.45, 2.75) is 5.92 Å². The van der Waals surface area contributed by atoms with Gasteiger partial charge in [0.15, 0.2) is 5.92 Å². The number of nitriles is 1. The number of ether oxygens (including phenoxy) is 2. The van der Waals surface area contributed by atoms with E-state index in [0.717, 1.165) is 0 Å². The van der Waals surface area contributed by atoms with E-state index in [-0.39, 0.29) is 5.69 Å². The number of nitrogens with zero attached hydrogens (tertiary/aromatic N) is 2. The van der Waals surface area contributed by atoms with Crippen molar-refractivity contribution in [3.8, 4) is 6.07 Å². The lowest BCUT2D eigenvalue weighted by molar-refractivity contribution is -0.154. The van der Waals surface area contributed by atoms with Gasteiger partial charge in [-0.3, -0.25) is 14.6 Å². The Hall–Kier alpha value is -2.42. The number of methoxy groups -OCH3 is 2. The van der Waals surface area contributed by atoms with Gasteiger partial charge in [0.25, 0.3) is 0 Å². The summed E-state index contributed by atoms with van der Waals surface area (Å²) in [5.41, 5.74) is 0.518. The molecule has 0 aliphatic carbocycles. The molecule has 1 rings (SSSR count). The summed E-state index contributed by atoms with van der Waals surface area (Å²) < 4.78 is 9.00. The fourth-order valence-corrected chi connectivity index (χ4v) is 1.22. The second-order valence-electron chi connectivity index (χ2n) is 3.06. The van der Waals surface area contributed by atoms with Crippen LogP contribution in [-0.2, 0) is 19.1 Å². The molecular weight excluding hydrogens is 224 g/mol. The van der Waals surface area contributed by atoms with Crippen LogP contribution in [0.3, 0.4) is 0 Å². The van der Waals surface area contributed by atoms with Crippen molar-refractivity contribution in [2.24, 2.45) is 0 Å². The Labute approximate surface area is 97.8 Å².